The van der Waals surface area contributed by atoms with Crippen molar-refractivity contribution in [1.82, 2.24) is 5.32 Å². The van der Waals surface area contributed by atoms with Crippen molar-refractivity contribution in [3.63, 3.8) is 0 Å². The standard InChI is InChI=1S/C19H28N2O3/c1-19(2,3)24-18(23)21(14-7-8-15-21)17(22)20-13-9-12-16-10-5-4-6-11-16/h4-6,10-11H,7-9,12-15H2,1-3H3/p+1. The van der Waals surface area contributed by atoms with Crippen molar-refractivity contribution in [3.8, 4) is 0 Å². The van der Waals surface area contributed by atoms with Crippen molar-refractivity contribution >= 4 is 12.1 Å². The molecule has 0 aliphatic carbocycles. The minimum atomic E-state index is -0.585. The summed E-state index contributed by atoms with van der Waals surface area (Å²) in [4.78, 5) is 25.2. The molecule has 1 fully saturated rings. The van der Waals surface area contributed by atoms with Gasteiger partial charge >= 0.3 is 12.1 Å². The number of ether oxygens (including phenoxy) is 1. The Morgan fingerprint density at radius 1 is 1.12 bits per heavy atom. The van der Waals surface area contributed by atoms with E-state index >= 15 is 0 Å². The van der Waals surface area contributed by atoms with E-state index in [9.17, 15) is 9.59 Å². The zero-order valence-electron chi connectivity index (χ0n) is 15.0. The van der Waals surface area contributed by atoms with Gasteiger partial charge in [0.1, 0.15) is 5.60 Å². The van der Waals surface area contributed by atoms with Crippen LogP contribution in [0.5, 0.6) is 0 Å². The van der Waals surface area contributed by atoms with Crippen LogP contribution in [0, 0.1) is 0 Å². The van der Waals surface area contributed by atoms with Crippen molar-refractivity contribution in [2.24, 2.45) is 0 Å². The second-order valence-electron chi connectivity index (χ2n) is 7.42. The molecule has 5 heteroatoms. The van der Waals surface area contributed by atoms with Crippen LogP contribution in [0.1, 0.15) is 45.6 Å². The van der Waals surface area contributed by atoms with Gasteiger partial charge in [-0.15, -0.1) is 4.48 Å². The lowest BCUT2D eigenvalue weighted by Gasteiger charge is -2.30. The quantitative estimate of drug-likeness (QED) is 0.672. The molecule has 24 heavy (non-hydrogen) atoms. The van der Waals surface area contributed by atoms with E-state index < -0.39 is 11.7 Å². The number of aryl methyl sites for hydroxylation is 1. The fourth-order valence-corrected chi connectivity index (χ4v) is 2.98. The predicted octanol–water partition coefficient (Wildman–Crippen LogP) is 3.87. The summed E-state index contributed by atoms with van der Waals surface area (Å²) in [5.74, 6) is 0. The lowest BCUT2D eigenvalue weighted by atomic mass is 10.1. The van der Waals surface area contributed by atoms with Gasteiger partial charge in [0.2, 0.25) is 0 Å². The summed E-state index contributed by atoms with van der Waals surface area (Å²) in [5.41, 5.74) is 0.669. The molecule has 0 radical (unpaired) electrons. The number of amides is 3. The Morgan fingerprint density at radius 3 is 2.33 bits per heavy atom. The van der Waals surface area contributed by atoms with Gasteiger partial charge in [0.25, 0.3) is 0 Å². The summed E-state index contributed by atoms with van der Waals surface area (Å²) in [6, 6.07) is 9.96. The van der Waals surface area contributed by atoms with Crippen LogP contribution in [0.4, 0.5) is 9.59 Å². The molecule has 1 aliphatic rings. The number of hydrogen-bond acceptors (Lipinski definition) is 3. The number of likely N-dealkylation sites (tertiary alicyclic amines) is 1. The normalized spacial score (nSPS) is 16.6. The van der Waals surface area contributed by atoms with E-state index in [1.165, 1.54) is 5.56 Å². The zero-order valence-corrected chi connectivity index (χ0v) is 15.0. The first-order valence-corrected chi connectivity index (χ1v) is 8.76. The molecule has 0 spiro atoms. The molecule has 2 rings (SSSR count). The molecule has 1 heterocycles. The van der Waals surface area contributed by atoms with Gasteiger partial charge in [-0.05, 0) is 39.2 Å². The van der Waals surface area contributed by atoms with Crippen LogP contribution in [0.2, 0.25) is 0 Å². The van der Waals surface area contributed by atoms with Gasteiger partial charge < -0.3 is 10.1 Å². The SMILES string of the molecule is CC(C)(C)OC(=O)[N+]1(C(=O)NCCCc2ccccc2)CCCC1. The van der Waals surface area contributed by atoms with E-state index in [1.54, 1.807) is 0 Å². The molecule has 0 saturated carbocycles. The Balaban J connectivity index is 1.88. The number of benzene rings is 1. The van der Waals surface area contributed by atoms with Crippen LogP contribution in [-0.2, 0) is 11.2 Å². The number of rotatable bonds is 4. The molecule has 0 atom stereocenters. The number of imide groups is 1. The van der Waals surface area contributed by atoms with Gasteiger partial charge in [0, 0.05) is 19.4 Å². The Morgan fingerprint density at radius 2 is 1.75 bits per heavy atom. The van der Waals surface area contributed by atoms with E-state index in [2.05, 4.69) is 17.4 Å². The highest BCUT2D eigenvalue weighted by Gasteiger charge is 2.50. The first-order chi connectivity index (χ1) is 11.3. The highest BCUT2D eigenvalue weighted by molar-refractivity contribution is 5.80. The van der Waals surface area contributed by atoms with Crippen molar-refractivity contribution in [2.75, 3.05) is 19.6 Å². The molecule has 1 aromatic carbocycles. The third kappa shape index (κ3) is 4.81. The van der Waals surface area contributed by atoms with Gasteiger partial charge in [-0.3, -0.25) is 0 Å². The zero-order chi connectivity index (χ0) is 17.6. The molecule has 1 aliphatic heterocycles. The first-order valence-electron chi connectivity index (χ1n) is 8.76. The molecule has 1 aromatic rings. The maximum atomic E-state index is 12.7. The number of nitrogens with zero attached hydrogens (tertiary/aromatic N) is 1. The van der Waals surface area contributed by atoms with Crippen LogP contribution in [0.25, 0.3) is 0 Å². The summed E-state index contributed by atoms with van der Waals surface area (Å²) < 4.78 is 5.27. The second kappa shape index (κ2) is 7.79. The summed E-state index contributed by atoms with van der Waals surface area (Å²) >= 11 is 0. The summed E-state index contributed by atoms with van der Waals surface area (Å²) in [6.07, 6.45) is 3.07. The lowest BCUT2D eigenvalue weighted by Crippen LogP contribution is -2.60. The third-order valence-electron chi connectivity index (χ3n) is 4.22. The maximum absolute atomic E-state index is 12.7. The molecular formula is C19H29N2O3+. The number of urea groups is 1. The van der Waals surface area contributed by atoms with Crippen LogP contribution in [0.3, 0.4) is 0 Å². The van der Waals surface area contributed by atoms with E-state index in [1.807, 2.05) is 39.0 Å². The fourth-order valence-electron chi connectivity index (χ4n) is 2.98. The van der Waals surface area contributed by atoms with E-state index in [4.69, 9.17) is 4.74 Å². The summed E-state index contributed by atoms with van der Waals surface area (Å²) in [5, 5.41) is 2.93. The smallest absolute Gasteiger partial charge is 0.414 e. The van der Waals surface area contributed by atoms with Gasteiger partial charge in [-0.1, -0.05) is 30.3 Å². The predicted molar refractivity (Wildman–Crippen MR) is 93.6 cm³/mol. The minimum Gasteiger partial charge on any atom is -0.414 e. The number of hydrogen-bond donors (Lipinski definition) is 1. The Hall–Kier alpha value is -1.88. The van der Waals surface area contributed by atoms with Crippen molar-refractivity contribution < 1.29 is 18.8 Å². The Kier molecular flexibility index (Phi) is 5.99. The van der Waals surface area contributed by atoms with Gasteiger partial charge in [0.15, 0.2) is 0 Å². The van der Waals surface area contributed by atoms with Crippen LogP contribution in [-0.4, -0.2) is 41.8 Å². The molecule has 132 valence electrons. The molecular weight excluding hydrogens is 304 g/mol. The average molecular weight is 333 g/mol. The fraction of sp³-hybridized carbons (Fsp3) is 0.579. The van der Waals surface area contributed by atoms with Gasteiger partial charge in [0.05, 0.1) is 13.1 Å². The summed E-state index contributed by atoms with van der Waals surface area (Å²) in [6.45, 7) is 7.11. The molecule has 1 saturated heterocycles. The number of nitrogens with one attached hydrogen (secondary N) is 1. The van der Waals surface area contributed by atoms with E-state index in [0.29, 0.717) is 19.6 Å². The highest BCUT2D eigenvalue weighted by Crippen LogP contribution is 2.24. The molecule has 3 amide bonds. The number of quaternary nitrogens is 1. The van der Waals surface area contributed by atoms with Crippen molar-refractivity contribution in [3.05, 3.63) is 35.9 Å². The van der Waals surface area contributed by atoms with Crippen LogP contribution < -0.4 is 5.32 Å². The van der Waals surface area contributed by atoms with Crippen LogP contribution in [0.15, 0.2) is 30.3 Å². The first kappa shape index (κ1) is 18.5. The average Bonchev–Trinajstić information content (AvgIpc) is 3.02. The molecule has 5 nitrogen and oxygen atoms in total. The Bertz CT molecular complexity index is 558. The van der Waals surface area contributed by atoms with Crippen molar-refractivity contribution in [2.45, 2.75) is 52.1 Å². The van der Waals surface area contributed by atoms with Crippen molar-refractivity contribution in [1.29, 1.82) is 0 Å². The Labute approximate surface area is 144 Å². The molecule has 1 N–H and O–H groups in total. The van der Waals surface area contributed by atoms with E-state index in [-0.39, 0.29) is 10.5 Å². The lowest BCUT2D eigenvalue weighted by molar-refractivity contribution is -0.764. The molecule has 0 aromatic heterocycles. The second-order valence-corrected chi connectivity index (χ2v) is 7.42. The number of carbonyl (C=O) groups excluding carboxylic acids is 2. The largest absolute Gasteiger partial charge is 0.525 e. The van der Waals surface area contributed by atoms with E-state index in [0.717, 1.165) is 25.7 Å². The molecule has 0 bridgehead atoms. The monoisotopic (exact) mass is 333 g/mol. The van der Waals surface area contributed by atoms with Gasteiger partial charge in [-0.25, -0.2) is 4.79 Å². The number of carbonyl (C=O) groups is 2. The summed E-state index contributed by atoms with van der Waals surface area (Å²) in [7, 11) is 0. The third-order valence-corrected chi connectivity index (χ3v) is 4.22. The van der Waals surface area contributed by atoms with Gasteiger partial charge in [-0.2, -0.15) is 4.79 Å². The highest BCUT2D eigenvalue weighted by atomic mass is 16.6. The molecule has 0 unspecified atom stereocenters. The van der Waals surface area contributed by atoms with Crippen LogP contribution >= 0.6 is 0 Å². The maximum Gasteiger partial charge on any atom is 0.525 e. The minimum absolute atomic E-state index is 0.220. The topological polar surface area (TPSA) is 55.4 Å².